The number of aliphatic hydroxyl groups is 1. The first kappa shape index (κ1) is 18.3. The fraction of sp³-hybridized carbons (Fsp3) is 0.500. The highest BCUT2D eigenvalue weighted by atomic mass is 19.4. The smallest absolute Gasteiger partial charge is 0.383 e. The molecule has 1 saturated heterocycles. The highest BCUT2D eigenvalue weighted by molar-refractivity contribution is 5.95. The van der Waals surface area contributed by atoms with E-state index in [1.165, 1.54) is 11.8 Å². The molecule has 1 fully saturated rings. The summed E-state index contributed by atoms with van der Waals surface area (Å²) in [6.45, 7) is 1.73. The zero-order chi connectivity index (χ0) is 17.9. The molecule has 1 aromatic carbocycles. The number of nitrogens with zero attached hydrogens (tertiary/aromatic N) is 1. The molecule has 8 heteroatoms. The Morgan fingerprint density at radius 2 is 1.75 bits per heavy atom. The lowest BCUT2D eigenvalue weighted by Crippen LogP contribution is -2.46. The molecule has 0 spiro atoms. The fourth-order valence-corrected chi connectivity index (χ4v) is 2.68. The van der Waals surface area contributed by atoms with E-state index < -0.39 is 24.2 Å². The maximum Gasteiger partial charge on any atom is 0.414 e. The lowest BCUT2D eigenvalue weighted by Gasteiger charge is -2.34. The van der Waals surface area contributed by atoms with Crippen molar-refractivity contribution < 1.29 is 27.9 Å². The molecule has 1 aliphatic heterocycles. The van der Waals surface area contributed by atoms with E-state index in [0.717, 1.165) is 0 Å². The number of urea groups is 1. The van der Waals surface area contributed by atoms with Crippen LogP contribution in [0.25, 0.3) is 0 Å². The minimum atomic E-state index is -4.63. The Bertz CT molecular complexity index is 594. The Morgan fingerprint density at radius 3 is 2.21 bits per heavy atom. The van der Waals surface area contributed by atoms with Gasteiger partial charge < -0.3 is 15.3 Å². The molecule has 1 heterocycles. The van der Waals surface area contributed by atoms with Crippen molar-refractivity contribution in [3.63, 3.8) is 0 Å². The second kappa shape index (κ2) is 7.21. The molecule has 0 saturated carbocycles. The fourth-order valence-electron chi connectivity index (χ4n) is 2.68. The van der Waals surface area contributed by atoms with E-state index in [0.29, 0.717) is 11.3 Å². The molecule has 1 aliphatic rings. The molecule has 0 aliphatic carbocycles. The minimum Gasteiger partial charge on any atom is -0.383 e. The molecule has 0 aromatic heterocycles. The highest BCUT2D eigenvalue weighted by Crippen LogP contribution is 2.31. The van der Waals surface area contributed by atoms with Gasteiger partial charge >= 0.3 is 12.2 Å². The van der Waals surface area contributed by atoms with Gasteiger partial charge in [-0.05, 0) is 49.9 Å². The minimum absolute atomic E-state index is 0.0850. The van der Waals surface area contributed by atoms with Crippen molar-refractivity contribution in [1.29, 1.82) is 0 Å². The molecule has 24 heavy (non-hydrogen) atoms. The number of piperidine rings is 1. The molecular formula is C16H19F3N2O3. The van der Waals surface area contributed by atoms with Crippen LogP contribution >= 0.6 is 0 Å². The summed E-state index contributed by atoms with van der Waals surface area (Å²) in [6, 6.07) is 5.95. The molecular weight excluding hydrogens is 325 g/mol. The normalized spacial score (nSPS) is 17.5. The van der Waals surface area contributed by atoms with Crippen LogP contribution in [0, 0.1) is 5.92 Å². The first-order valence-electron chi connectivity index (χ1n) is 7.60. The van der Waals surface area contributed by atoms with Crippen LogP contribution in [0.5, 0.6) is 0 Å². The average molecular weight is 344 g/mol. The van der Waals surface area contributed by atoms with Crippen LogP contribution in [0.4, 0.5) is 23.7 Å². The van der Waals surface area contributed by atoms with Crippen LogP contribution in [-0.2, 0) is 0 Å². The topological polar surface area (TPSA) is 69.6 Å². The summed E-state index contributed by atoms with van der Waals surface area (Å²) in [7, 11) is 0. The second-order valence-corrected chi connectivity index (χ2v) is 5.87. The van der Waals surface area contributed by atoms with Crippen molar-refractivity contribution in [3.05, 3.63) is 29.8 Å². The van der Waals surface area contributed by atoms with Gasteiger partial charge in [0.1, 0.15) is 0 Å². The number of likely N-dealkylation sites (tertiary alicyclic amines) is 1. The second-order valence-electron chi connectivity index (χ2n) is 5.87. The molecule has 2 rings (SSSR count). The molecule has 0 radical (unpaired) electrons. The number of anilines is 1. The van der Waals surface area contributed by atoms with Crippen molar-refractivity contribution in [2.75, 3.05) is 18.4 Å². The van der Waals surface area contributed by atoms with Gasteiger partial charge in [0.15, 0.2) is 11.9 Å². The van der Waals surface area contributed by atoms with Crippen molar-refractivity contribution >= 4 is 17.5 Å². The Balaban J connectivity index is 1.88. The largest absolute Gasteiger partial charge is 0.414 e. The Morgan fingerprint density at radius 1 is 1.21 bits per heavy atom. The van der Waals surface area contributed by atoms with E-state index in [1.54, 1.807) is 24.3 Å². The van der Waals surface area contributed by atoms with Crippen molar-refractivity contribution in [2.24, 2.45) is 5.92 Å². The summed E-state index contributed by atoms with van der Waals surface area (Å²) < 4.78 is 37.5. The van der Waals surface area contributed by atoms with Crippen LogP contribution < -0.4 is 5.32 Å². The number of carbonyl (C=O) groups excluding carboxylic acids is 2. The van der Waals surface area contributed by atoms with Gasteiger partial charge in [-0.3, -0.25) is 4.79 Å². The van der Waals surface area contributed by atoms with E-state index in [9.17, 15) is 27.9 Å². The van der Waals surface area contributed by atoms with Crippen molar-refractivity contribution in [3.8, 4) is 0 Å². The van der Waals surface area contributed by atoms with Crippen LogP contribution in [0.2, 0.25) is 0 Å². The number of benzene rings is 1. The average Bonchev–Trinajstić information content (AvgIpc) is 2.54. The summed E-state index contributed by atoms with van der Waals surface area (Å²) >= 11 is 0. The number of aliphatic hydroxyl groups excluding tert-OH is 1. The monoisotopic (exact) mass is 344 g/mol. The van der Waals surface area contributed by atoms with E-state index in [4.69, 9.17) is 0 Å². The van der Waals surface area contributed by atoms with E-state index in [2.05, 4.69) is 5.32 Å². The van der Waals surface area contributed by atoms with Gasteiger partial charge in [0, 0.05) is 24.3 Å². The number of halogens is 3. The predicted octanol–water partition coefficient (Wildman–Crippen LogP) is 3.06. The van der Waals surface area contributed by atoms with Crippen LogP contribution in [0.1, 0.15) is 30.1 Å². The molecule has 2 N–H and O–H groups in total. The van der Waals surface area contributed by atoms with Crippen LogP contribution in [0.15, 0.2) is 24.3 Å². The zero-order valence-electron chi connectivity index (χ0n) is 13.1. The maximum atomic E-state index is 12.5. The van der Waals surface area contributed by atoms with Gasteiger partial charge in [-0.1, -0.05) is 0 Å². The van der Waals surface area contributed by atoms with E-state index >= 15 is 0 Å². The standard InChI is InChI=1S/C16H19F3N2O3/c1-10(22)11-2-4-13(5-3-11)20-15(24)21-8-6-12(7-9-21)14(23)16(17,18)19/h2-5,12,14,23H,6-9H2,1H3,(H,20,24). The number of alkyl halides is 3. The van der Waals surface area contributed by atoms with Crippen molar-refractivity contribution in [2.45, 2.75) is 32.0 Å². The van der Waals surface area contributed by atoms with Gasteiger partial charge in [0.05, 0.1) is 0 Å². The zero-order valence-corrected chi connectivity index (χ0v) is 13.1. The van der Waals surface area contributed by atoms with Crippen LogP contribution in [-0.4, -0.2) is 47.2 Å². The van der Waals surface area contributed by atoms with E-state index in [1.807, 2.05) is 0 Å². The molecule has 5 nitrogen and oxygen atoms in total. The number of nitrogens with one attached hydrogen (secondary N) is 1. The number of Topliss-reactive ketones (excluding diaryl/α,β-unsaturated/α-hetero) is 1. The number of hydrogen-bond acceptors (Lipinski definition) is 3. The summed E-state index contributed by atoms with van der Waals surface area (Å²) in [5.74, 6) is -0.970. The molecule has 132 valence electrons. The van der Waals surface area contributed by atoms with Gasteiger partial charge in [0.2, 0.25) is 0 Å². The number of amides is 2. The lowest BCUT2D eigenvalue weighted by molar-refractivity contribution is -0.222. The quantitative estimate of drug-likeness (QED) is 0.828. The summed E-state index contributed by atoms with van der Waals surface area (Å²) in [5, 5.41) is 11.9. The third-order valence-electron chi connectivity index (χ3n) is 4.15. The number of rotatable bonds is 3. The highest BCUT2D eigenvalue weighted by Gasteiger charge is 2.44. The Kier molecular flexibility index (Phi) is 5.48. The molecule has 2 amide bonds. The Hall–Kier alpha value is -2.09. The SMILES string of the molecule is CC(=O)c1ccc(NC(=O)N2CCC(C(O)C(F)(F)F)CC2)cc1. The number of carbonyl (C=O) groups is 2. The number of hydrogen-bond donors (Lipinski definition) is 2. The Labute approximate surface area is 137 Å². The summed E-state index contributed by atoms with van der Waals surface area (Å²) in [5.41, 5.74) is 1.03. The van der Waals surface area contributed by atoms with Gasteiger partial charge in [-0.15, -0.1) is 0 Å². The molecule has 1 aromatic rings. The van der Waals surface area contributed by atoms with Gasteiger partial charge in [-0.25, -0.2) is 4.79 Å². The van der Waals surface area contributed by atoms with Crippen LogP contribution in [0.3, 0.4) is 0 Å². The molecule has 1 unspecified atom stereocenters. The number of ketones is 1. The van der Waals surface area contributed by atoms with E-state index in [-0.39, 0.29) is 31.7 Å². The predicted molar refractivity (Wildman–Crippen MR) is 81.8 cm³/mol. The molecule has 0 bridgehead atoms. The molecule has 1 atom stereocenters. The summed E-state index contributed by atoms with van der Waals surface area (Å²) in [6.07, 6.45) is -6.79. The van der Waals surface area contributed by atoms with Crippen molar-refractivity contribution in [1.82, 2.24) is 4.90 Å². The van der Waals surface area contributed by atoms with Gasteiger partial charge in [-0.2, -0.15) is 13.2 Å². The van der Waals surface area contributed by atoms with Gasteiger partial charge in [0.25, 0.3) is 0 Å². The third-order valence-corrected chi connectivity index (χ3v) is 4.15. The lowest BCUT2D eigenvalue weighted by atomic mass is 9.91. The first-order chi connectivity index (χ1) is 11.2. The summed E-state index contributed by atoms with van der Waals surface area (Å²) in [4.78, 5) is 24.7. The maximum absolute atomic E-state index is 12.5. The first-order valence-corrected chi connectivity index (χ1v) is 7.60. The third kappa shape index (κ3) is 4.47.